The van der Waals surface area contributed by atoms with Gasteiger partial charge in [-0.1, -0.05) is 0 Å². The molecule has 66 valence electrons. The highest BCUT2D eigenvalue weighted by Crippen LogP contribution is 2.30. The van der Waals surface area contributed by atoms with Crippen LogP contribution in [0.5, 0.6) is 0 Å². The Bertz CT molecular complexity index is 223. The van der Waals surface area contributed by atoms with E-state index in [0.717, 1.165) is 12.8 Å². The maximum Gasteiger partial charge on any atom is 0.216 e. The Labute approximate surface area is 72.4 Å². The Hall–Kier alpha value is 0.200. The van der Waals surface area contributed by atoms with Crippen LogP contribution in [0.15, 0.2) is 0 Å². The number of sulfonamides is 1. The minimum atomic E-state index is -2.98. The molecule has 0 aromatic heterocycles. The fourth-order valence-electron chi connectivity index (χ4n) is 0.867. The first-order valence-electron chi connectivity index (χ1n) is 3.60. The molecule has 1 fully saturated rings. The van der Waals surface area contributed by atoms with E-state index in [1.807, 2.05) is 0 Å². The van der Waals surface area contributed by atoms with Gasteiger partial charge < -0.3 is 0 Å². The van der Waals surface area contributed by atoms with Gasteiger partial charge in [0.1, 0.15) is 0 Å². The summed E-state index contributed by atoms with van der Waals surface area (Å²) in [4.78, 5) is 0. The highest BCUT2D eigenvalue weighted by atomic mass is 35.5. The Balaban J connectivity index is 2.56. The van der Waals surface area contributed by atoms with Crippen molar-refractivity contribution in [1.29, 1.82) is 0 Å². The minimum Gasteiger partial charge on any atom is -0.212 e. The van der Waals surface area contributed by atoms with Crippen LogP contribution in [0.1, 0.15) is 12.8 Å². The lowest BCUT2D eigenvalue weighted by molar-refractivity contribution is 0.486. The number of hydrogen-bond donors (Lipinski definition) is 0. The van der Waals surface area contributed by atoms with Gasteiger partial charge in [-0.2, -0.15) is 0 Å². The van der Waals surface area contributed by atoms with Gasteiger partial charge in [-0.15, -0.1) is 11.6 Å². The molecule has 0 bridgehead atoms. The molecule has 5 heteroatoms. The second kappa shape index (κ2) is 3.29. The third-order valence-electron chi connectivity index (χ3n) is 1.78. The van der Waals surface area contributed by atoms with Gasteiger partial charge >= 0.3 is 0 Å². The number of alkyl halides is 1. The van der Waals surface area contributed by atoms with E-state index in [4.69, 9.17) is 11.6 Å². The van der Waals surface area contributed by atoms with E-state index in [0.29, 0.717) is 12.4 Å². The second-order valence-corrected chi connectivity index (χ2v) is 5.45. The van der Waals surface area contributed by atoms with Crippen LogP contribution in [0.2, 0.25) is 0 Å². The third kappa shape index (κ3) is 2.07. The van der Waals surface area contributed by atoms with Crippen molar-refractivity contribution >= 4 is 21.6 Å². The highest BCUT2D eigenvalue weighted by Gasteiger charge is 2.38. The lowest BCUT2D eigenvalue weighted by Gasteiger charge is -2.14. The van der Waals surface area contributed by atoms with Crippen molar-refractivity contribution in [2.24, 2.45) is 0 Å². The summed E-state index contributed by atoms with van der Waals surface area (Å²) >= 11 is 5.42. The first kappa shape index (κ1) is 9.29. The maximum atomic E-state index is 11.4. The van der Waals surface area contributed by atoms with Crippen LogP contribution < -0.4 is 0 Å². The van der Waals surface area contributed by atoms with Crippen molar-refractivity contribution in [3.63, 3.8) is 0 Å². The van der Waals surface area contributed by atoms with Crippen LogP contribution in [0.4, 0.5) is 0 Å². The monoisotopic (exact) mass is 197 g/mol. The first-order valence-corrected chi connectivity index (χ1v) is 5.64. The molecule has 0 spiro atoms. The number of rotatable bonds is 4. The van der Waals surface area contributed by atoms with Crippen molar-refractivity contribution in [2.45, 2.75) is 18.1 Å². The normalized spacial score (nSPS) is 19.2. The van der Waals surface area contributed by atoms with Gasteiger partial charge in [-0.05, 0) is 12.8 Å². The van der Waals surface area contributed by atoms with Crippen LogP contribution in [0.3, 0.4) is 0 Å². The summed E-state index contributed by atoms with van der Waals surface area (Å²) in [6.07, 6.45) is 1.63. The van der Waals surface area contributed by atoms with Gasteiger partial charge in [0.05, 0.1) is 5.25 Å². The largest absolute Gasteiger partial charge is 0.216 e. The molecule has 0 atom stereocenters. The number of halogens is 1. The van der Waals surface area contributed by atoms with E-state index >= 15 is 0 Å². The van der Waals surface area contributed by atoms with E-state index in [9.17, 15) is 8.42 Å². The fourth-order valence-corrected chi connectivity index (χ4v) is 2.81. The van der Waals surface area contributed by atoms with Crippen molar-refractivity contribution < 1.29 is 8.42 Å². The summed E-state index contributed by atoms with van der Waals surface area (Å²) in [5.41, 5.74) is 0. The number of nitrogens with zero attached hydrogens (tertiary/aromatic N) is 1. The van der Waals surface area contributed by atoms with Crippen LogP contribution in [0.25, 0.3) is 0 Å². The zero-order valence-electron chi connectivity index (χ0n) is 6.46. The highest BCUT2D eigenvalue weighted by molar-refractivity contribution is 7.90. The predicted molar refractivity (Wildman–Crippen MR) is 45.3 cm³/mol. The molecule has 11 heavy (non-hydrogen) atoms. The Kier molecular flexibility index (Phi) is 2.78. The molecule has 1 rings (SSSR count). The summed E-state index contributed by atoms with van der Waals surface area (Å²) in [6, 6.07) is 0. The molecular formula is C6H12ClNO2S. The average Bonchev–Trinajstić information content (AvgIpc) is 2.68. The minimum absolute atomic E-state index is 0.115. The quantitative estimate of drug-likeness (QED) is 0.621. The van der Waals surface area contributed by atoms with Crippen LogP contribution >= 0.6 is 11.6 Å². The van der Waals surface area contributed by atoms with E-state index in [2.05, 4.69) is 0 Å². The second-order valence-electron chi connectivity index (χ2n) is 2.75. The third-order valence-corrected chi connectivity index (χ3v) is 4.31. The molecule has 0 radical (unpaired) electrons. The van der Waals surface area contributed by atoms with Crippen molar-refractivity contribution in [3.8, 4) is 0 Å². The SMILES string of the molecule is CN(CCCl)S(=O)(=O)C1CC1. The van der Waals surface area contributed by atoms with E-state index < -0.39 is 10.0 Å². The summed E-state index contributed by atoms with van der Waals surface area (Å²) in [5.74, 6) is 0.364. The molecule has 0 saturated heterocycles. The molecule has 0 amide bonds. The molecule has 0 aromatic rings. The molecule has 0 heterocycles. The van der Waals surface area contributed by atoms with Gasteiger partial charge in [0, 0.05) is 19.5 Å². The van der Waals surface area contributed by atoms with Crippen molar-refractivity contribution in [3.05, 3.63) is 0 Å². The molecular weight excluding hydrogens is 186 g/mol. The van der Waals surface area contributed by atoms with Gasteiger partial charge in [-0.25, -0.2) is 12.7 Å². The summed E-state index contributed by atoms with van der Waals surface area (Å²) in [6.45, 7) is 0.417. The fraction of sp³-hybridized carbons (Fsp3) is 1.00. The zero-order valence-corrected chi connectivity index (χ0v) is 8.03. The molecule has 1 aliphatic rings. The van der Waals surface area contributed by atoms with Crippen LogP contribution in [-0.4, -0.2) is 37.4 Å². The molecule has 0 aliphatic heterocycles. The summed E-state index contributed by atoms with van der Waals surface area (Å²) in [7, 11) is -1.40. The van der Waals surface area contributed by atoms with Crippen LogP contribution in [-0.2, 0) is 10.0 Å². The van der Waals surface area contributed by atoms with Crippen LogP contribution in [0, 0.1) is 0 Å². The lowest BCUT2D eigenvalue weighted by Crippen LogP contribution is -2.31. The topological polar surface area (TPSA) is 37.4 Å². The molecule has 3 nitrogen and oxygen atoms in total. The molecule has 0 aromatic carbocycles. The molecule has 0 unspecified atom stereocenters. The lowest BCUT2D eigenvalue weighted by atomic mass is 10.8. The van der Waals surface area contributed by atoms with E-state index in [-0.39, 0.29) is 5.25 Å². The zero-order chi connectivity index (χ0) is 8.48. The standard InChI is InChI=1S/C6H12ClNO2S/c1-8(5-4-7)11(9,10)6-2-3-6/h6H,2-5H2,1H3. The Morgan fingerprint density at radius 2 is 2.09 bits per heavy atom. The Morgan fingerprint density at radius 1 is 1.55 bits per heavy atom. The van der Waals surface area contributed by atoms with E-state index in [1.54, 1.807) is 7.05 Å². The van der Waals surface area contributed by atoms with E-state index in [1.165, 1.54) is 4.31 Å². The first-order chi connectivity index (χ1) is 5.09. The van der Waals surface area contributed by atoms with Crippen molar-refractivity contribution in [2.75, 3.05) is 19.5 Å². The Morgan fingerprint density at radius 3 is 2.45 bits per heavy atom. The average molecular weight is 198 g/mol. The molecule has 0 N–H and O–H groups in total. The van der Waals surface area contributed by atoms with Gasteiger partial charge in [0.25, 0.3) is 0 Å². The summed E-state index contributed by atoms with van der Waals surface area (Å²) < 4.78 is 24.0. The molecule has 1 aliphatic carbocycles. The predicted octanol–water partition coefficient (Wildman–Crippen LogP) is 0.649. The maximum absolute atomic E-state index is 11.4. The van der Waals surface area contributed by atoms with Gasteiger partial charge in [0.2, 0.25) is 10.0 Å². The van der Waals surface area contributed by atoms with Crippen molar-refractivity contribution in [1.82, 2.24) is 4.31 Å². The smallest absolute Gasteiger partial charge is 0.212 e. The summed E-state index contributed by atoms with van der Waals surface area (Å²) in [5, 5.41) is -0.115. The van der Waals surface area contributed by atoms with Gasteiger partial charge in [-0.3, -0.25) is 0 Å². The number of hydrogen-bond acceptors (Lipinski definition) is 2. The van der Waals surface area contributed by atoms with Gasteiger partial charge in [0.15, 0.2) is 0 Å². The molecule has 1 saturated carbocycles.